The van der Waals surface area contributed by atoms with Gasteiger partial charge in [-0.25, -0.2) is 12.7 Å². The second-order valence-corrected chi connectivity index (χ2v) is 6.25. The molecule has 1 aliphatic heterocycles. The van der Waals surface area contributed by atoms with Gasteiger partial charge in [-0.1, -0.05) is 0 Å². The summed E-state index contributed by atoms with van der Waals surface area (Å²) in [7, 11) is -2.92. The molecular formula is C7H15NO2S2. The maximum atomic E-state index is 11.4. The molecule has 0 aliphatic carbocycles. The second-order valence-electron chi connectivity index (χ2n) is 2.77. The van der Waals surface area contributed by atoms with Crippen LogP contribution in [-0.4, -0.2) is 43.1 Å². The van der Waals surface area contributed by atoms with E-state index in [-0.39, 0.29) is 5.75 Å². The summed E-state index contributed by atoms with van der Waals surface area (Å²) >= 11 is 1.84. The summed E-state index contributed by atoms with van der Waals surface area (Å²) < 4.78 is 24.5. The highest BCUT2D eigenvalue weighted by Crippen LogP contribution is 2.13. The van der Waals surface area contributed by atoms with Crippen molar-refractivity contribution in [2.75, 3.05) is 30.3 Å². The van der Waals surface area contributed by atoms with E-state index in [1.54, 1.807) is 11.2 Å². The van der Waals surface area contributed by atoms with Crippen LogP contribution in [0.15, 0.2) is 0 Å². The van der Waals surface area contributed by atoms with Crippen molar-refractivity contribution in [3.05, 3.63) is 0 Å². The predicted molar refractivity (Wildman–Crippen MR) is 53.0 cm³/mol. The Morgan fingerprint density at radius 3 is 2.75 bits per heavy atom. The van der Waals surface area contributed by atoms with Crippen molar-refractivity contribution in [2.45, 2.75) is 13.3 Å². The van der Waals surface area contributed by atoms with Gasteiger partial charge in [-0.15, -0.1) is 0 Å². The Bertz CT molecular complexity index is 218. The van der Waals surface area contributed by atoms with Gasteiger partial charge in [0.05, 0.1) is 5.75 Å². The first-order valence-electron chi connectivity index (χ1n) is 4.22. The predicted octanol–water partition coefficient (Wildman–Crippen LogP) is 0.775. The van der Waals surface area contributed by atoms with E-state index in [4.69, 9.17) is 0 Å². The van der Waals surface area contributed by atoms with Gasteiger partial charge in [0.25, 0.3) is 0 Å². The Kier molecular flexibility index (Phi) is 3.86. The molecule has 3 nitrogen and oxygen atoms in total. The molecule has 0 bridgehead atoms. The summed E-state index contributed by atoms with van der Waals surface area (Å²) in [6.07, 6.45) is 0.990. The summed E-state index contributed by atoms with van der Waals surface area (Å²) in [6.45, 7) is 3.11. The van der Waals surface area contributed by atoms with Crippen molar-refractivity contribution in [3.63, 3.8) is 0 Å². The lowest BCUT2D eigenvalue weighted by atomic mass is 10.5. The van der Waals surface area contributed by atoms with Crippen molar-refractivity contribution >= 4 is 21.8 Å². The van der Waals surface area contributed by atoms with Gasteiger partial charge in [0.2, 0.25) is 10.0 Å². The molecule has 1 heterocycles. The molecule has 0 unspecified atom stereocenters. The highest BCUT2D eigenvalue weighted by Gasteiger charge is 2.20. The van der Waals surface area contributed by atoms with Crippen molar-refractivity contribution < 1.29 is 8.42 Å². The molecule has 0 spiro atoms. The van der Waals surface area contributed by atoms with Crippen LogP contribution in [0.25, 0.3) is 0 Å². The van der Waals surface area contributed by atoms with Crippen molar-refractivity contribution in [3.8, 4) is 0 Å². The third kappa shape index (κ3) is 2.64. The van der Waals surface area contributed by atoms with E-state index in [2.05, 4.69) is 0 Å². The third-order valence-electron chi connectivity index (χ3n) is 1.94. The van der Waals surface area contributed by atoms with Crippen molar-refractivity contribution in [1.29, 1.82) is 0 Å². The second kappa shape index (κ2) is 4.48. The molecule has 1 saturated heterocycles. The standard InChI is InChI=1S/C7H15NO2S2/c1-2-12(9,10)8-4-3-6-11-7-5-8/h2-7H2,1H3. The summed E-state index contributed by atoms with van der Waals surface area (Å²) in [6, 6.07) is 0. The topological polar surface area (TPSA) is 37.4 Å². The molecule has 0 N–H and O–H groups in total. The Hall–Kier alpha value is 0.260. The average Bonchev–Trinajstić information content (AvgIpc) is 2.32. The van der Waals surface area contributed by atoms with Gasteiger partial charge in [0.15, 0.2) is 0 Å². The van der Waals surface area contributed by atoms with Crippen LogP contribution in [0.5, 0.6) is 0 Å². The number of hydrogen-bond acceptors (Lipinski definition) is 3. The summed E-state index contributed by atoms with van der Waals surface area (Å²) in [5.74, 6) is 2.27. The Balaban J connectivity index is 2.60. The fraction of sp³-hybridized carbons (Fsp3) is 1.00. The van der Waals surface area contributed by atoms with E-state index in [1.165, 1.54) is 0 Å². The van der Waals surface area contributed by atoms with Gasteiger partial charge in [-0.05, 0) is 19.1 Å². The zero-order valence-electron chi connectivity index (χ0n) is 7.32. The summed E-state index contributed by atoms with van der Waals surface area (Å²) in [5.41, 5.74) is 0. The Morgan fingerprint density at radius 2 is 2.08 bits per heavy atom. The van der Waals surface area contributed by atoms with E-state index in [9.17, 15) is 8.42 Å². The van der Waals surface area contributed by atoms with E-state index in [0.29, 0.717) is 13.1 Å². The van der Waals surface area contributed by atoms with Gasteiger partial charge in [-0.2, -0.15) is 11.8 Å². The van der Waals surface area contributed by atoms with Gasteiger partial charge in [0, 0.05) is 18.8 Å². The third-order valence-corrected chi connectivity index (χ3v) is 4.87. The Morgan fingerprint density at radius 1 is 1.33 bits per heavy atom. The molecule has 0 aromatic carbocycles. The normalized spacial score (nSPS) is 22.1. The van der Waals surface area contributed by atoms with Gasteiger partial charge >= 0.3 is 0 Å². The van der Waals surface area contributed by atoms with Crippen molar-refractivity contribution in [1.82, 2.24) is 4.31 Å². The minimum Gasteiger partial charge on any atom is -0.212 e. The smallest absolute Gasteiger partial charge is 0.212 e. The first kappa shape index (κ1) is 10.3. The lowest BCUT2D eigenvalue weighted by molar-refractivity contribution is 0.436. The fourth-order valence-electron chi connectivity index (χ4n) is 1.18. The van der Waals surface area contributed by atoms with Crippen LogP contribution in [0, 0.1) is 0 Å². The van der Waals surface area contributed by atoms with Gasteiger partial charge in [-0.3, -0.25) is 0 Å². The molecule has 12 heavy (non-hydrogen) atoms. The quantitative estimate of drug-likeness (QED) is 0.674. The number of thioether (sulfide) groups is 1. The number of sulfonamides is 1. The lowest BCUT2D eigenvalue weighted by Gasteiger charge is -2.17. The summed E-state index contributed by atoms with van der Waals surface area (Å²) in [5, 5.41) is 0. The number of rotatable bonds is 2. The highest BCUT2D eigenvalue weighted by atomic mass is 32.2. The first-order chi connectivity index (χ1) is 5.67. The molecule has 1 fully saturated rings. The molecule has 0 atom stereocenters. The van der Waals surface area contributed by atoms with Crippen LogP contribution in [-0.2, 0) is 10.0 Å². The molecule has 0 saturated carbocycles. The largest absolute Gasteiger partial charge is 0.213 e. The van der Waals surface area contributed by atoms with Crippen LogP contribution >= 0.6 is 11.8 Å². The molecular weight excluding hydrogens is 194 g/mol. The monoisotopic (exact) mass is 209 g/mol. The molecule has 0 aromatic rings. The molecule has 0 amide bonds. The zero-order chi connectivity index (χ0) is 9.03. The van der Waals surface area contributed by atoms with Crippen LogP contribution < -0.4 is 0 Å². The van der Waals surface area contributed by atoms with Crippen LogP contribution in [0.2, 0.25) is 0 Å². The summed E-state index contributed by atoms with van der Waals surface area (Å²) in [4.78, 5) is 0. The van der Waals surface area contributed by atoms with E-state index >= 15 is 0 Å². The highest BCUT2D eigenvalue weighted by molar-refractivity contribution is 7.99. The molecule has 1 aliphatic rings. The van der Waals surface area contributed by atoms with E-state index < -0.39 is 10.0 Å². The van der Waals surface area contributed by atoms with Crippen molar-refractivity contribution in [2.24, 2.45) is 0 Å². The minimum atomic E-state index is -2.92. The maximum absolute atomic E-state index is 11.4. The maximum Gasteiger partial charge on any atom is 0.213 e. The van der Waals surface area contributed by atoms with Crippen LogP contribution in [0.1, 0.15) is 13.3 Å². The van der Waals surface area contributed by atoms with Crippen LogP contribution in [0.3, 0.4) is 0 Å². The van der Waals surface area contributed by atoms with Gasteiger partial charge < -0.3 is 0 Å². The number of hydrogen-bond donors (Lipinski definition) is 0. The van der Waals surface area contributed by atoms with Crippen LogP contribution in [0.4, 0.5) is 0 Å². The molecule has 72 valence electrons. The number of nitrogens with zero attached hydrogens (tertiary/aromatic N) is 1. The molecule has 0 aromatic heterocycles. The molecule has 0 radical (unpaired) electrons. The minimum absolute atomic E-state index is 0.234. The molecule has 5 heteroatoms. The van der Waals surface area contributed by atoms with Gasteiger partial charge in [0.1, 0.15) is 0 Å². The van der Waals surface area contributed by atoms with E-state index in [0.717, 1.165) is 17.9 Å². The van der Waals surface area contributed by atoms with E-state index in [1.807, 2.05) is 11.8 Å². The Labute approximate surface area is 78.6 Å². The average molecular weight is 209 g/mol. The lowest BCUT2D eigenvalue weighted by Crippen LogP contribution is -2.34. The first-order valence-corrected chi connectivity index (χ1v) is 6.99. The SMILES string of the molecule is CCS(=O)(=O)N1CCCSCC1. The molecule has 1 rings (SSSR count). The zero-order valence-corrected chi connectivity index (χ0v) is 8.96. The fourth-order valence-corrected chi connectivity index (χ4v) is 3.33.